The minimum absolute atomic E-state index is 0. The molecule has 0 atom stereocenters. The molecule has 0 rings (SSSR count). The summed E-state index contributed by atoms with van der Waals surface area (Å²) < 4.78 is 28.8. The molecule has 0 aromatic heterocycles. The quantitative estimate of drug-likeness (QED) is 0.319. The van der Waals surface area contributed by atoms with Crippen LogP contribution < -0.4 is 0 Å². The summed E-state index contributed by atoms with van der Waals surface area (Å²) in [5, 5.41) is 6.95. The molecule has 1 radical (unpaired) electrons. The zero-order valence-electron chi connectivity index (χ0n) is 3.70. The maximum atomic E-state index is 9.58. The second kappa shape index (κ2) is 15.7. The van der Waals surface area contributed by atoms with E-state index in [0.717, 1.165) is 6.47 Å². The van der Waals surface area contributed by atoms with E-state index in [1.165, 1.54) is 0 Å². The van der Waals surface area contributed by atoms with E-state index in [2.05, 4.69) is 4.89 Å². The van der Waals surface area contributed by atoms with Gasteiger partial charge in [0.05, 0.1) is 0 Å². The fraction of sp³-hybridized carbons (Fsp3) is 0. The Hall–Kier alpha value is -0.0397. The van der Waals surface area contributed by atoms with Gasteiger partial charge in [0.2, 0.25) is 0 Å². The van der Waals surface area contributed by atoms with Crippen molar-refractivity contribution < 1.29 is 50.5 Å². The Labute approximate surface area is 64.2 Å². The molecule has 0 unspecified atom stereocenters. The van der Waals surface area contributed by atoms with Crippen LogP contribution in [0.4, 0.5) is 13.2 Å². The van der Waals surface area contributed by atoms with E-state index in [-0.39, 0.29) is 22.4 Å². The zero-order chi connectivity index (χ0) is 6.99. The summed E-state index contributed by atoms with van der Waals surface area (Å²) in [6.45, 7) is -2.35. The first-order chi connectivity index (χ1) is 3.65. The number of carbonyl (C=O) groups excluding carboxylic acids is 1. The second-order valence-corrected chi connectivity index (χ2v) is 0.389. The van der Waals surface area contributed by atoms with Gasteiger partial charge in [-0.3, -0.25) is 0 Å². The van der Waals surface area contributed by atoms with Crippen LogP contribution >= 0.6 is 0 Å². The summed E-state index contributed by atoms with van der Waals surface area (Å²) in [5.74, 6) is 0. The van der Waals surface area contributed by atoms with E-state index >= 15 is 0 Å². The number of halogens is 3. The van der Waals surface area contributed by atoms with Crippen molar-refractivity contribution in [1.29, 1.82) is 0 Å². The van der Waals surface area contributed by atoms with Gasteiger partial charge in [-0.25, -0.2) is 5.26 Å². The van der Waals surface area contributed by atoms with E-state index < -0.39 is 6.68 Å². The SMILES string of the molecule is F[C-](F)F.O=[C-]OO.[Ag]. The standard InChI is InChI=1S/CF3.CHO3.Ag/c2-1(3)4;2-1-4-3;/h;3H;/q2*-1;. The molecule has 0 spiro atoms. The Balaban J connectivity index is -0.0000000720. The molecule has 7 heteroatoms. The van der Waals surface area contributed by atoms with E-state index in [1.807, 2.05) is 0 Å². The molecule has 1 N–H and O–H groups in total. The first-order valence-electron chi connectivity index (χ1n) is 1.16. The van der Waals surface area contributed by atoms with Crippen LogP contribution in [-0.2, 0) is 32.1 Å². The number of hydrogen-bond acceptors (Lipinski definition) is 3. The first-order valence-corrected chi connectivity index (χ1v) is 1.16. The van der Waals surface area contributed by atoms with Crippen LogP contribution in [0.1, 0.15) is 0 Å². The molecule has 0 aromatic rings. The van der Waals surface area contributed by atoms with E-state index in [9.17, 15) is 13.2 Å². The number of hydrogen-bond donors (Lipinski definition) is 1. The second-order valence-electron chi connectivity index (χ2n) is 0.389. The molecule has 0 aliphatic rings. The molecule has 61 valence electrons. The largest absolute Gasteiger partial charge is 0.509 e. The molecule has 0 saturated carbocycles. The topological polar surface area (TPSA) is 46.5 Å². The predicted octanol–water partition coefficient (Wildman–Crippen LogP) is 0.883. The Kier molecular flexibility index (Phi) is 27.8. The van der Waals surface area contributed by atoms with Crippen molar-refractivity contribution in [3.05, 3.63) is 6.68 Å². The molecule has 0 aliphatic carbocycles. The molecule has 0 saturated heterocycles. The van der Waals surface area contributed by atoms with E-state index in [4.69, 9.17) is 10.1 Å². The fourth-order valence-corrected chi connectivity index (χ4v) is 0. The predicted molar refractivity (Wildman–Crippen MR) is 16.0 cm³/mol. The molecular weight excluding hydrogens is 237 g/mol. The van der Waals surface area contributed by atoms with Gasteiger partial charge in [0.1, 0.15) is 0 Å². The van der Waals surface area contributed by atoms with Gasteiger partial charge >= 0.3 is 0 Å². The summed E-state index contributed by atoms with van der Waals surface area (Å²) >= 11 is 0. The van der Waals surface area contributed by atoms with Gasteiger partial charge in [0.15, 0.2) is 6.68 Å². The Morgan fingerprint density at radius 1 is 1.44 bits per heavy atom. The smallest absolute Gasteiger partial charge is 0.154 e. The third kappa shape index (κ3) is 307. The van der Waals surface area contributed by atoms with E-state index in [1.54, 1.807) is 0 Å². The Morgan fingerprint density at radius 3 is 1.56 bits per heavy atom. The molecule has 0 aromatic carbocycles. The molecule has 0 aliphatic heterocycles. The van der Waals surface area contributed by atoms with Crippen LogP contribution in [0.15, 0.2) is 0 Å². The van der Waals surface area contributed by atoms with Crippen molar-refractivity contribution in [2.45, 2.75) is 0 Å². The summed E-state index contributed by atoms with van der Waals surface area (Å²) in [5.41, 5.74) is 0. The van der Waals surface area contributed by atoms with Crippen LogP contribution in [0, 0.1) is 6.68 Å². The van der Waals surface area contributed by atoms with Gasteiger partial charge in [-0.05, 0) is 6.47 Å². The molecule has 0 fully saturated rings. The van der Waals surface area contributed by atoms with Gasteiger partial charge < -0.3 is 22.9 Å². The molecule has 3 nitrogen and oxygen atoms in total. The van der Waals surface area contributed by atoms with Crippen LogP contribution in [0.5, 0.6) is 0 Å². The van der Waals surface area contributed by atoms with Crippen LogP contribution in [0.3, 0.4) is 0 Å². The summed E-state index contributed by atoms with van der Waals surface area (Å²) in [4.78, 5) is 11.3. The minimum atomic E-state index is -3.08. The van der Waals surface area contributed by atoms with Gasteiger partial charge in [-0.1, -0.05) is 0 Å². The zero-order valence-corrected chi connectivity index (χ0v) is 5.18. The fourth-order valence-electron chi connectivity index (χ4n) is 0. The van der Waals surface area contributed by atoms with Crippen LogP contribution in [0.25, 0.3) is 0 Å². The maximum Gasteiger partial charge on any atom is 0.154 e. The van der Waals surface area contributed by atoms with Gasteiger partial charge in [-0.2, -0.15) is 0 Å². The van der Waals surface area contributed by atoms with E-state index in [0.29, 0.717) is 0 Å². The van der Waals surface area contributed by atoms with Crippen molar-refractivity contribution in [2.75, 3.05) is 0 Å². The summed E-state index contributed by atoms with van der Waals surface area (Å²) in [6.07, 6.45) is 0. The average molecular weight is 238 g/mol. The molecule has 0 amide bonds. The Morgan fingerprint density at radius 2 is 1.56 bits per heavy atom. The third-order valence-corrected chi connectivity index (χ3v) is 0.0373. The van der Waals surface area contributed by atoms with Crippen LogP contribution in [-0.4, -0.2) is 11.7 Å². The molecule has 0 heterocycles. The van der Waals surface area contributed by atoms with Crippen molar-refractivity contribution in [3.8, 4) is 0 Å². The van der Waals surface area contributed by atoms with Gasteiger partial charge in [0.25, 0.3) is 0 Å². The Bertz CT molecular complexity index is 49.6. The number of rotatable bonds is 1. The van der Waals surface area contributed by atoms with Gasteiger partial charge in [0, 0.05) is 22.4 Å². The monoisotopic (exact) mass is 237 g/mol. The van der Waals surface area contributed by atoms with Crippen molar-refractivity contribution in [3.63, 3.8) is 0 Å². The maximum absolute atomic E-state index is 9.58. The normalized spacial score (nSPS) is 6.33. The van der Waals surface area contributed by atoms with Gasteiger partial charge in [-0.15, -0.1) is 0 Å². The van der Waals surface area contributed by atoms with Crippen molar-refractivity contribution >= 4 is 6.47 Å². The minimum Gasteiger partial charge on any atom is -0.509 e. The van der Waals surface area contributed by atoms with Crippen molar-refractivity contribution in [2.24, 2.45) is 0 Å². The summed E-state index contributed by atoms with van der Waals surface area (Å²) in [7, 11) is 0. The third-order valence-electron chi connectivity index (χ3n) is 0.0373. The average Bonchev–Trinajstić information content (AvgIpc) is 1.65. The molecule has 0 bridgehead atoms. The summed E-state index contributed by atoms with van der Waals surface area (Å²) in [6, 6.07) is 0. The van der Waals surface area contributed by atoms with Crippen LogP contribution in [0.2, 0.25) is 0 Å². The van der Waals surface area contributed by atoms with Crippen molar-refractivity contribution in [1.82, 2.24) is 0 Å². The molecule has 9 heavy (non-hydrogen) atoms. The first kappa shape index (κ1) is 16.0. The molecular formula is C2HAgF3O3-2.